The van der Waals surface area contributed by atoms with Crippen LogP contribution < -0.4 is 5.32 Å². The first kappa shape index (κ1) is 18.1. The van der Waals surface area contributed by atoms with Gasteiger partial charge in [-0.1, -0.05) is 31.5 Å². The SMILES string of the molecule is C[C@H]1CCCC[C@@H]1NC(=O)COC(=O)CSc1ncnc2sccc12. The normalized spacial score (nSPS) is 20.4. The summed E-state index contributed by atoms with van der Waals surface area (Å²) < 4.78 is 5.08. The minimum absolute atomic E-state index is 0.120. The number of nitrogens with one attached hydrogen (secondary N) is 1. The fraction of sp³-hybridized carbons (Fsp3) is 0.529. The Morgan fingerprint density at radius 1 is 1.36 bits per heavy atom. The first-order valence-corrected chi connectivity index (χ1v) is 10.3. The van der Waals surface area contributed by atoms with Crippen LogP contribution in [0.2, 0.25) is 0 Å². The van der Waals surface area contributed by atoms with Crippen molar-refractivity contribution in [3.05, 3.63) is 17.8 Å². The van der Waals surface area contributed by atoms with Crippen LogP contribution in [0.15, 0.2) is 22.8 Å². The largest absolute Gasteiger partial charge is 0.455 e. The molecule has 2 atom stereocenters. The highest BCUT2D eigenvalue weighted by molar-refractivity contribution is 8.00. The van der Waals surface area contributed by atoms with Gasteiger partial charge in [-0.25, -0.2) is 9.97 Å². The Morgan fingerprint density at radius 3 is 3.04 bits per heavy atom. The maximum absolute atomic E-state index is 12.0. The third kappa shape index (κ3) is 4.92. The molecule has 0 bridgehead atoms. The molecule has 0 aromatic carbocycles. The number of rotatable bonds is 6. The standard InChI is InChI=1S/C17H21N3O3S2/c1-11-4-2-3-5-13(11)20-14(21)8-23-15(22)9-25-17-12-6-7-24-16(12)18-10-19-17/h6-7,10-11,13H,2-5,8-9H2,1H3,(H,20,21)/t11-,13-/m0/s1. The molecule has 134 valence electrons. The van der Waals surface area contributed by atoms with Gasteiger partial charge in [-0.05, 0) is 30.2 Å². The topological polar surface area (TPSA) is 81.2 Å². The molecule has 0 saturated heterocycles. The predicted octanol–water partition coefficient (Wildman–Crippen LogP) is 3.02. The molecule has 1 aliphatic rings. The molecular formula is C17H21N3O3S2. The van der Waals surface area contributed by atoms with E-state index in [4.69, 9.17) is 4.74 Å². The summed E-state index contributed by atoms with van der Waals surface area (Å²) in [5.41, 5.74) is 0. The molecule has 3 rings (SSSR count). The van der Waals surface area contributed by atoms with Gasteiger partial charge in [0.25, 0.3) is 5.91 Å². The Labute approximate surface area is 154 Å². The summed E-state index contributed by atoms with van der Waals surface area (Å²) >= 11 is 2.83. The number of esters is 1. The molecular weight excluding hydrogens is 358 g/mol. The van der Waals surface area contributed by atoms with Crippen molar-refractivity contribution in [2.45, 2.75) is 43.7 Å². The first-order valence-electron chi connectivity index (χ1n) is 8.39. The van der Waals surface area contributed by atoms with Gasteiger partial charge in [-0.2, -0.15) is 0 Å². The fourth-order valence-corrected chi connectivity index (χ4v) is 4.55. The van der Waals surface area contributed by atoms with Crippen LogP contribution in [0.25, 0.3) is 10.2 Å². The average Bonchev–Trinajstić information content (AvgIpc) is 3.09. The number of fused-ring (bicyclic) bond motifs is 1. The lowest BCUT2D eigenvalue weighted by Crippen LogP contribution is -2.43. The lowest BCUT2D eigenvalue weighted by Gasteiger charge is -2.29. The Kier molecular flexibility index (Phi) is 6.25. The molecule has 1 fully saturated rings. The number of thiophene rings is 1. The van der Waals surface area contributed by atoms with E-state index in [1.165, 1.54) is 35.8 Å². The number of nitrogens with zero attached hydrogens (tertiary/aromatic N) is 2. The fourth-order valence-electron chi connectivity index (χ4n) is 2.98. The van der Waals surface area contributed by atoms with Gasteiger partial charge in [0, 0.05) is 11.4 Å². The zero-order valence-corrected chi connectivity index (χ0v) is 15.7. The quantitative estimate of drug-likeness (QED) is 0.472. The molecule has 1 saturated carbocycles. The molecule has 0 spiro atoms. The Bertz CT molecular complexity index is 750. The second-order valence-corrected chi connectivity index (χ2v) is 8.06. The number of ether oxygens (including phenoxy) is 1. The monoisotopic (exact) mass is 379 g/mol. The summed E-state index contributed by atoms with van der Waals surface area (Å²) in [6.07, 6.45) is 5.99. The maximum atomic E-state index is 12.0. The number of amides is 1. The van der Waals surface area contributed by atoms with E-state index in [0.717, 1.165) is 34.5 Å². The summed E-state index contributed by atoms with van der Waals surface area (Å²) in [6, 6.07) is 2.13. The van der Waals surface area contributed by atoms with E-state index in [9.17, 15) is 9.59 Å². The highest BCUT2D eigenvalue weighted by Crippen LogP contribution is 2.27. The summed E-state index contributed by atoms with van der Waals surface area (Å²) in [7, 11) is 0. The van der Waals surface area contributed by atoms with Crippen molar-refractivity contribution in [1.82, 2.24) is 15.3 Å². The minimum Gasteiger partial charge on any atom is -0.455 e. The van der Waals surface area contributed by atoms with Crippen LogP contribution in [0, 0.1) is 5.92 Å². The van der Waals surface area contributed by atoms with Gasteiger partial charge in [-0.3, -0.25) is 9.59 Å². The molecule has 0 aliphatic heterocycles. The third-order valence-electron chi connectivity index (χ3n) is 4.37. The smallest absolute Gasteiger partial charge is 0.316 e. The van der Waals surface area contributed by atoms with E-state index < -0.39 is 5.97 Å². The number of hydrogen-bond donors (Lipinski definition) is 1. The number of aromatic nitrogens is 2. The van der Waals surface area contributed by atoms with E-state index in [0.29, 0.717) is 5.92 Å². The first-order chi connectivity index (χ1) is 12.1. The van der Waals surface area contributed by atoms with Gasteiger partial charge >= 0.3 is 5.97 Å². The van der Waals surface area contributed by atoms with Gasteiger partial charge in [0.05, 0.1) is 5.75 Å². The van der Waals surface area contributed by atoms with Gasteiger partial charge < -0.3 is 10.1 Å². The van der Waals surface area contributed by atoms with Crippen molar-refractivity contribution in [1.29, 1.82) is 0 Å². The molecule has 2 heterocycles. The third-order valence-corrected chi connectivity index (χ3v) is 6.17. The van der Waals surface area contributed by atoms with Crippen LogP contribution in [0.1, 0.15) is 32.6 Å². The average molecular weight is 380 g/mol. The summed E-state index contributed by atoms with van der Waals surface area (Å²) in [5, 5.41) is 6.61. The lowest BCUT2D eigenvalue weighted by atomic mass is 9.86. The van der Waals surface area contributed by atoms with Crippen LogP contribution in [0.5, 0.6) is 0 Å². The van der Waals surface area contributed by atoms with Crippen molar-refractivity contribution in [3.63, 3.8) is 0 Å². The van der Waals surface area contributed by atoms with Gasteiger partial charge in [0.2, 0.25) is 0 Å². The number of thioether (sulfide) groups is 1. The summed E-state index contributed by atoms with van der Waals surface area (Å²) in [4.78, 5) is 33.1. The van der Waals surface area contributed by atoms with Crippen molar-refractivity contribution in [2.24, 2.45) is 5.92 Å². The molecule has 0 radical (unpaired) electrons. The van der Waals surface area contributed by atoms with Crippen LogP contribution in [-0.4, -0.2) is 40.2 Å². The van der Waals surface area contributed by atoms with E-state index in [1.54, 1.807) is 0 Å². The second-order valence-electron chi connectivity index (χ2n) is 6.20. The van der Waals surface area contributed by atoms with Crippen LogP contribution in [0.3, 0.4) is 0 Å². The van der Waals surface area contributed by atoms with Crippen molar-refractivity contribution in [2.75, 3.05) is 12.4 Å². The van der Waals surface area contributed by atoms with Crippen molar-refractivity contribution >= 4 is 45.2 Å². The minimum atomic E-state index is -0.418. The van der Waals surface area contributed by atoms with E-state index >= 15 is 0 Å². The zero-order chi connectivity index (χ0) is 17.6. The molecule has 1 amide bonds. The number of carbonyl (C=O) groups is 2. The highest BCUT2D eigenvalue weighted by atomic mass is 32.2. The van der Waals surface area contributed by atoms with Gasteiger partial charge in [0.1, 0.15) is 16.2 Å². The predicted molar refractivity (Wildman–Crippen MR) is 98.7 cm³/mol. The highest BCUT2D eigenvalue weighted by Gasteiger charge is 2.23. The number of hydrogen-bond acceptors (Lipinski definition) is 7. The number of carbonyl (C=O) groups excluding carboxylic acids is 2. The zero-order valence-electron chi connectivity index (χ0n) is 14.1. The van der Waals surface area contributed by atoms with Crippen molar-refractivity contribution in [3.8, 4) is 0 Å². The Balaban J connectivity index is 1.42. The Hall–Kier alpha value is -1.67. The summed E-state index contributed by atoms with van der Waals surface area (Å²) in [6.45, 7) is 1.93. The molecule has 2 aromatic rings. The van der Waals surface area contributed by atoms with Crippen LogP contribution in [-0.2, 0) is 14.3 Å². The molecule has 8 heteroatoms. The summed E-state index contributed by atoms with van der Waals surface area (Å²) in [5.74, 6) is -0.0392. The van der Waals surface area contributed by atoms with Crippen LogP contribution >= 0.6 is 23.1 Å². The van der Waals surface area contributed by atoms with Gasteiger partial charge in [-0.15, -0.1) is 11.3 Å². The molecule has 1 N–H and O–H groups in total. The van der Waals surface area contributed by atoms with E-state index in [2.05, 4.69) is 22.2 Å². The lowest BCUT2D eigenvalue weighted by molar-refractivity contribution is -0.146. The molecule has 6 nitrogen and oxygen atoms in total. The molecule has 2 aromatic heterocycles. The second kappa shape index (κ2) is 8.62. The van der Waals surface area contributed by atoms with E-state index in [-0.39, 0.29) is 24.3 Å². The molecule has 1 aliphatic carbocycles. The molecule has 0 unspecified atom stereocenters. The van der Waals surface area contributed by atoms with Gasteiger partial charge in [0.15, 0.2) is 6.61 Å². The van der Waals surface area contributed by atoms with E-state index in [1.807, 2.05) is 11.4 Å². The maximum Gasteiger partial charge on any atom is 0.316 e. The Morgan fingerprint density at radius 2 is 2.20 bits per heavy atom. The van der Waals surface area contributed by atoms with Crippen molar-refractivity contribution < 1.29 is 14.3 Å². The molecule has 25 heavy (non-hydrogen) atoms. The van der Waals surface area contributed by atoms with Crippen LogP contribution in [0.4, 0.5) is 0 Å².